The number of hydrogen-bond acceptors (Lipinski definition) is 1. The van der Waals surface area contributed by atoms with E-state index in [1.54, 1.807) is 0 Å². The zero-order chi connectivity index (χ0) is 9.94. The minimum Gasteiger partial charge on any atom is -0.273 e. The maximum absolute atomic E-state index is 11.1. The highest BCUT2D eigenvalue weighted by atomic mass is 16.1. The van der Waals surface area contributed by atoms with E-state index >= 15 is 0 Å². The van der Waals surface area contributed by atoms with Crippen LogP contribution in [-0.2, 0) is 4.79 Å². The maximum Gasteiger partial charge on any atom is 0.241 e. The molecule has 1 radical (unpaired) electrons. The molecule has 0 heterocycles. The molecule has 0 atom stereocenters. The first-order chi connectivity index (χ1) is 6.31. The Morgan fingerprint density at radius 2 is 1.69 bits per heavy atom. The first-order valence-electron chi connectivity index (χ1n) is 5.51. The van der Waals surface area contributed by atoms with Gasteiger partial charge in [-0.1, -0.05) is 39.5 Å². The molecule has 0 aliphatic carbocycles. The lowest BCUT2D eigenvalue weighted by atomic mass is 10.2. The quantitative estimate of drug-likeness (QED) is 0.534. The second kappa shape index (κ2) is 9.56. The number of unbranched alkanes of at least 4 members (excludes halogenated alkanes) is 4. The van der Waals surface area contributed by atoms with Crippen molar-refractivity contribution in [3.05, 3.63) is 0 Å². The molecule has 0 saturated carbocycles. The van der Waals surface area contributed by atoms with Gasteiger partial charge in [0, 0.05) is 13.0 Å². The van der Waals surface area contributed by atoms with Crippen LogP contribution in [0, 0.1) is 0 Å². The van der Waals surface area contributed by atoms with Crippen molar-refractivity contribution in [2.75, 3.05) is 6.54 Å². The standard InChI is InChI=1S/C11H22NO/c1-3-5-7-8-10-12-11(13)9-6-4-2/h3-10H2,1-2H3. The van der Waals surface area contributed by atoms with Crippen LogP contribution in [-0.4, -0.2) is 12.5 Å². The van der Waals surface area contributed by atoms with Crippen LogP contribution in [0.3, 0.4) is 0 Å². The van der Waals surface area contributed by atoms with Crippen molar-refractivity contribution in [3.63, 3.8) is 0 Å². The molecule has 13 heavy (non-hydrogen) atoms. The Morgan fingerprint density at radius 3 is 2.31 bits per heavy atom. The Kier molecular flexibility index (Phi) is 9.17. The zero-order valence-electron chi connectivity index (χ0n) is 9.01. The number of carbonyl (C=O) groups is 1. The number of amides is 1. The van der Waals surface area contributed by atoms with Crippen molar-refractivity contribution in [2.45, 2.75) is 58.8 Å². The van der Waals surface area contributed by atoms with Gasteiger partial charge in [0.2, 0.25) is 5.91 Å². The van der Waals surface area contributed by atoms with Crippen LogP contribution in [0.15, 0.2) is 0 Å². The summed E-state index contributed by atoms with van der Waals surface area (Å²) in [4.78, 5) is 11.1. The van der Waals surface area contributed by atoms with Gasteiger partial charge in [-0.05, 0) is 12.8 Å². The van der Waals surface area contributed by atoms with Crippen LogP contribution >= 0.6 is 0 Å². The lowest BCUT2D eigenvalue weighted by Gasteiger charge is -2.00. The van der Waals surface area contributed by atoms with Crippen molar-refractivity contribution in [1.82, 2.24) is 5.32 Å². The van der Waals surface area contributed by atoms with Crippen molar-refractivity contribution in [2.24, 2.45) is 0 Å². The Hall–Kier alpha value is -0.530. The molecule has 0 aliphatic rings. The molecular weight excluding hydrogens is 162 g/mol. The van der Waals surface area contributed by atoms with Gasteiger partial charge in [0.05, 0.1) is 0 Å². The molecule has 1 amide bonds. The van der Waals surface area contributed by atoms with Crippen molar-refractivity contribution >= 4 is 5.91 Å². The summed E-state index contributed by atoms with van der Waals surface area (Å²) in [5, 5.41) is 3.99. The molecular formula is C11H22NO. The molecule has 2 heteroatoms. The van der Waals surface area contributed by atoms with E-state index in [0.29, 0.717) is 6.42 Å². The highest BCUT2D eigenvalue weighted by molar-refractivity contribution is 5.75. The lowest BCUT2D eigenvalue weighted by Crippen LogP contribution is -2.16. The van der Waals surface area contributed by atoms with Gasteiger partial charge < -0.3 is 0 Å². The molecule has 0 saturated heterocycles. The summed E-state index contributed by atoms with van der Waals surface area (Å²) in [6.45, 7) is 5.01. The molecule has 0 N–H and O–H groups in total. The molecule has 0 aliphatic heterocycles. The van der Waals surface area contributed by atoms with Gasteiger partial charge in [0.1, 0.15) is 0 Å². The summed E-state index contributed by atoms with van der Waals surface area (Å²) in [6, 6.07) is 0. The van der Waals surface area contributed by atoms with Crippen molar-refractivity contribution < 1.29 is 4.79 Å². The molecule has 0 bridgehead atoms. The molecule has 0 fully saturated rings. The topological polar surface area (TPSA) is 31.2 Å². The third kappa shape index (κ3) is 9.38. The highest BCUT2D eigenvalue weighted by Gasteiger charge is 2.00. The van der Waals surface area contributed by atoms with E-state index in [-0.39, 0.29) is 5.91 Å². The normalized spacial score (nSPS) is 10.0. The van der Waals surface area contributed by atoms with E-state index in [4.69, 9.17) is 0 Å². The Balaban J connectivity index is 3.08. The fraction of sp³-hybridized carbons (Fsp3) is 0.909. The van der Waals surface area contributed by atoms with Gasteiger partial charge in [-0.2, -0.15) is 0 Å². The van der Waals surface area contributed by atoms with E-state index < -0.39 is 0 Å². The minimum absolute atomic E-state index is 0.0957. The smallest absolute Gasteiger partial charge is 0.241 e. The summed E-state index contributed by atoms with van der Waals surface area (Å²) in [5.41, 5.74) is 0. The minimum atomic E-state index is 0.0957. The summed E-state index contributed by atoms with van der Waals surface area (Å²) in [7, 11) is 0. The first kappa shape index (κ1) is 12.5. The molecule has 0 aromatic heterocycles. The summed E-state index contributed by atoms with van der Waals surface area (Å²) >= 11 is 0. The molecule has 0 aromatic carbocycles. The van der Waals surface area contributed by atoms with Gasteiger partial charge in [0.15, 0.2) is 0 Å². The van der Waals surface area contributed by atoms with Gasteiger partial charge in [-0.3, -0.25) is 10.1 Å². The summed E-state index contributed by atoms with van der Waals surface area (Å²) in [5.74, 6) is 0.0957. The molecule has 0 rings (SSSR count). The monoisotopic (exact) mass is 184 g/mol. The predicted molar refractivity (Wildman–Crippen MR) is 55.7 cm³/mol. The molecule has 0 spiro atoms. The second-order valence-corrected chi connectivity index (χ2v) is 3.44. The third-order valence-electron chi connectivity index (χ3n) is 2.04. The average Bonchev–Trinajstić information content (AvgIpc) is 2.14. The summed E-state index contributed by atoms with van der Waals surface area (Å²) < 4.78 is 0. The molecule has 77 valence electrons. The van der Waals surface area contributed by atoms with Crippen LogP contribution in [0.1, 0.15) is 58.8 Å². The number of nitrogens with zero attached hydrogens (tertiary/aromatic N) is 1. The fourth-order valence-corrected chi connectivity index (χ4v) is 1.15. The number of carbonyl (C=O) groups excluding carboxylic acids is 1. The Bertz CT molecular complexity index is 123. The van der Waals surface area contributed by atoms with Crippen LogP contribution in [0.4, 0.5) is 0 Å². The SMILES string of the molecule is CCCCCC[N]C(=O)CCCC. The van der Waals surface area contributed by atoms with E-state index in [1.165, 1.54) is 19.3 Å². The fourth-order valence-electron chi connectivity index (χ4n) is 1.15. The van der Waals surface area contributed by atoms with Crippen molar-refractivity contribution in [3.8, 4) is 0 Å². The van der Waals surface area contributed by atoms with E-state index in [9.17, 15) is 4.79 Å². The van der Waals surface area contributed by atoms with E-state index in [0.717, 1.165) is 25.8 Å². The van der Waals surface area contributed by atoms with Crippen molar-refractivity contribution in [1.29, 1.82) is 0 Å². The number of rotatable bonds is 8. The van der Waals surface area contributed by atoms with Gasteiger partial charge in [0.25, 0.3) is 0 Å². The lowest BCUT2D eigenvalue weighted by molar-refractivity contribution is -0.121. The third-order valence-corrected chi connectivity index (χ3v) is 2.04. The van der Waals surface area contributed by atoms with Crippen LogP contribution in [0.25, 0.3) is 0 Å². The van der Waals surface area contributed by atoms with E-state index in [1.807, 2.05) is 0 Å². The Labute approximate surface area is 82.1 Å². The maximum atomic E-state index is 11.1. The largest absolute Gasteiger partial charge is 0.273 e. The molecule has 0 aromatic rings. The summed E-state index contributed by atoms with van der Waals surface area (Å²) in [6.07, 6.45) is 7.49. The van der Waals surface area contributed by atoms with E-state index in [2.05, 4.69) is 19.2 Å². The second-order valence-electron chi connectivity index (χ2n) is 3.44. The van der Waals surface area contributed by atoms with Gasteiger partial charge in [-0.15, -0.1) is 0 Å². The van der Waals surface area contributed by atoms with Gasteiger partial charge >= 0.3 is 0 Å². The highest BCUT2D eigenvalue weighted by Crippen LogP contribution is 1.98. The average molecular weight is 184 g/mol. The zero-order valence-corrected chi connectivity index (χ0v) is 9.01. The van der Waals surface area contributed by atoms with Gasteiger partial charge in [-0.25, -0.2) is 0 Å². The molecule has 2 nitrogen and oxygen atoms in total. The Morgan fingerprint density at radius 1 is 1.00 bits per heavy atom. The van der Waals surface area contributed by atoms with Crippen LogP contribution in [0.2, 0.25) is 0 Å². The van der Waals surface area contributed by atoms with Crippen LogP contribution < -0.4 is 5.32 Å². The first-order valence-corrected chi connectivity index (χ1v) is 5.51. The molecule has 0 unspecified atom stereocenters. The predicted octanol–water partition coefficient (Wildman–Crippen LogP) is 2.89. The number of hydrogen-bond donors (Lipinski definition) is 0. The van der Waals surface area contributed by atoms with Crippen LogP contribution in [0.5, 0.6) is 0 Å².